The van der Waals surface area contributed by atoms with Crippen molar-refractivity contribution in [2.24, 2.45) is 7.05 Å². The van der Waals surface area contributed by atoms with E-state index in [1.807, 2.05) is 42.1 Å². The number of nitrogens with zero attached hydrogens (tertiary/aromatic N) is 2. The van der Waals surface area contributed by atoms with E-state index in [9.17, 15) is 4.39 Å². The van der Waals surface area contributed by atoms with Gasteiger partial charge in [0.15, 0.2) is 0 Å². The molecule has 0 saturated heterocycles. The summed E-state index contributed by atoms with van der Waals surface area (Å²) in [6.07, 6.45) is 7.12. The molecule has 4 rings (SSSR count). The van der Waals surface area contributed by atoms with E-state index in [-0.39, 0.29) is 5.82 Å². The Morgan fingerprint density at radius 2 is 1.76 bits per heavy atom. The molecule has 176 valence electrons. The van der Waals surface area contributed by atoms with Gasteiger partial charge >= 0.3 is 0 Å². The third kappa shape index (κ3) is 4.98. The van der Waals surface area contributed by atoms with Crippen LogP contribution in [-0.2, 0) is 25.4 Å². The van der Waals surface area contributed by atoms with Gasteiger partial charge in [-0.3, -0.25) is 0 Å². The zero-order valence-corrected chi connectivity index (χ0v) is 20.9. The molecule has 34 heavy (non-hydrogen) atoms. The first-order valence-corrected chi connectivity index (χ1v) is 12.2. The second-order valence-corrected chi connectivity index (χ2v) is 9.34. The van der Waals surface area contributed by atoms with Gasteiger partial charge in [-0.2, -0.15) is 0 Å². The number of unbranched alkanes of at least 4 members (excludes halogenated alkanes) is 1. The molecule has 0 radical (unpaired) electrons. The van der Waals surface area contributed by atoms with Crippen LogP contribution in [0.4, 0.5) is 10.3 Å². The quantitative estimate of drug-likeness (QED) is 0.256. The maximum atomic E-state index is 14.7. The van der Waals surface area contributed by atoms with Crippen LogP contribution in [-0.4, -0.2) is 9.55 Å². The molecule has 3 nitrogen and oxygen atoms in total. The van der Waals surface area contributed by atoms with E-state index in [0.29, 0.717) is 22.4 Å². The molecule has 0 bridgehead atoms. The van der Waals surface area contributed by atoms with Gasteiger partial charge in [0.2, 0.25) is 5.95 Å². The summed E-state index contributed by atoms with van der Waals surface area (Å²) in [7, 11) is 1.93. The average molecular weight is 496 g/mol. The van der Waals surface area contributed by atoms with Gasteiger partial charge in [-0.1, -0.05) is 85.1 Å². The maximum absolute atomic E-state index is 14.7. The molecule has 3 aromatic carbocycles. The first-order valence-electron chi connectivity index (χ1n) is 11.5. The third-order valence-electron chi connectivity index (χ3n) is 6.23. The third-order valence-corrected chi connectivity index (χ3v) is 7.09. The predicted octanol–water partition coefficient (Wildman–Crippen LogP) is 7.81. The van der Waals surface area contributed by atoms with Crippen molar-refractivity contribution in [3.63, 3.8) is 0 Å². The molecular formula is C28H28Cl2FN3. The number of hydrogen-bond acceptors (Lipinski definition) is 2. The Hall–Kier alpha value is -2.82. The van der Waals surface area contributed by atoms with Crippen LogP contribution in [0.15, 0.2) is 79.1 Å². The lowest BCUT2D eigenvalue weighted by molar-refractivity contribution is 0.555. The fourth-order valence-corrected chi connectivity index (χ4v) is 4.85. The van der Waals surface area contributed by atoms with Gasteiger partial charge in [0.1, 0.15) is 5.82 Å². The Morgan fingerprint density at radius 1 is 1.00 bits per heavy atom. The number of hydrogen-bond donors (Lipinski definition) is 1. The predicted molar refractivity (Wildman–Crippen MR) is 139 cm³/mol. The van der Waals surface area contributed by atoms with Crippen LogP contribution in [0, 0.1) is 5.82 Å². The van der Waals surface area contributed by atoms with Gasteiger partial charge in [-0.25, -0.2) is 9.37 Å². The van der Waals surface area contributed by atoms with Crippen LogP contribution in [0.3, 0.4) is 0 Å². The fourth-order valence-electron chi connectivity index (χ4n) is 4.46. The molecule has 1 heterocycles. The summed E-state index contributed by atoms with van der Waals surface area (Å²) in [6.45, 7) is 2.18. The molecule has 1 unspecified atom stereocenters. The molecule has 4 aromatic rings. The molecule has 0 amide bonds. The van der Waals surface area contributed by atoms with Crippen molar-refractivity contribution in [1.29, 1.82) is 0 Å². The molecule has 0 spiro atoms. The Morgan fingerprint density at radius 3 is 2.50 bits per heavy atom. The lowest BCUT2D eigenvalue weighted by Crippen LogP contribution is -2.41. The molecule has 1 aromatic heterocycles. The van der Waals surface area contributed by atoms with E-state index in [1.165, 1.54) is 11.6 Å². The van der Waals surface area contributed by atoms with E-state index >= 15 is 0 Å². The zero-order chi connectivity index (χ0) is 24.1. The number of anilines is 1. The number of nitrogens with one attached hydrogen (secondary N) is 1. The van der Waals surface area contributed by atoms with Crippen molar-refractivity contribution in [2.45, 2.75) is 38.1 Å². The lowest BCUT2D eigenvalue weighted by atomic mass is 9.75. The van der Waals surface area contributed by atoms with Crippen LogP contribution in [0.25, 0.3) is 0 Å². The van der Waals surface area contributed by atoms with Gasteiger partial charge in [0.25, 0.3) is 0 Å². The number of benzene rings is 3. The van der Waals surface area contributed by atoms with Crippen molar-refractivity contribution in [3.8, 4) is 0 Å². The Kier molecular flexibility index (Phi) is 7.60. The van der Waals surface area contributed by atoms with Crippen LogP contribution in [0.2, 0.25) is 10.0 Å². The van der Waals surface area contributed by atoms with E-state index in [0.717, 1.165) is 36.0 Å². The first kappa shape index (κ1) is 24.3. The van der Waals surface area contributed by atoms with Crippen molar-refractivity contribution in [1.82, 2.24) is 9.55 Å². The molecule has 0 saturated carbocycles. The SMILES string of the molecule is CCCCc1ccccc1C(Cc1cccc(Cl)c1Cl)(Nc1nccn1C)c1cccc(F)c1. The summed E-state index contributed by atoms with van der Waals surface area (Å²) in [5.41, 5.74) is 3.07. The largest absolute Gasteiger partial charge is 0.342 e. The number of imidazole rings is 1. The van der Waals surface area contributed by atoms with Gasteiger partial charge in [-0.05, 0) is 53.3 Å². The zero-order valence-electron chi connectivity index (χ0n) is 19.4. The van der Waals surface area contributed by atoms with Crippen LogP contribution in [0.1, 0.15) is 42.0 Å². The molecule has 0 fully saturated rings. The minimum Gasteiger partial charge on any atom is -0.342 e. The number of aromatic nitrogens is 2. The number of rotatable bonds is 9. The molecule has 0 aliphatic heterocycles. The topological polar surface area (TPSA) is 29.9 Å². The van der Waals surface area contributed by atoms with E-state index < -0.39 is 5.54 Å². The molecule has 0 aliphatic rings. The summed E-state index contributed by atoms with van der Waals surface area (Å²) in [5, 5.41) is 4.68. The molecule has 1 N–H and O–H groups in total. The average Bonchev–Trinajstić information content (AvgIpc) is 3.24. The lowest BCUT2D eigenvalue weighted by Gasteiger charge is -2.38. The standard InChI is InChI=1S/C28H28Cl2FN3/c1-3-4-9-20-10-5-6-14-24(20)28(22-12-8-13-23(31)18-22,33-27-32-16-17-34(27)2)19-21-11-7-15-25(29)26(21)30/h5-8,10-18H,3-4,9,19H2,1-2H3,(H,32,33). The van der Waals surface area contributed by atoms with Crippen LogP contribution < -0.4 is 5.32 Å². The summed E-state index contributed by atoms with van der Waals surface area (Å²) < 4.78 is 16.6. The number of halogens is 3. The highest BCUT2D eigenvalue weighted by molar-refractivity contribution is 6.42. The minimum absolute atomic E-state index is 0.299. The van der Waals surface area contributed by atoms with Crippen LogP contribution in [0.5, 0.6) is 0 Å². The van der Waals surface area contributed by atoms with Crippen molar-refractivity contribution in [3.05, 3.63) is 117 Å². The molecule has 1 atom stereocenters. The van der Waals surface area contributed by atoms with Crippen molar-refractivity contribution in [2.75, 3.05) is 5.32 Å². The molecular weight excluding hydrogens is 468 g/mol. The summed E-state index contributed by atoms with van der Waals surface area (Å²) >= 11 is 13.1. The van der Waals surface area contributed by atoms with E-state index in [1.54, 1.807) is 24.4 Å². The second kappa shape index (κ2) is 10.6. The van der Waals surface area contributed by atoms with Crippen molar-refractivity contribution >= 4 is 29.2 Å². The van der Waals surface area contributed by atoms with Crippen molar-refractivity contribution < 1.29 is 4.39 Å². The van der Waals surface area contributed by atoms with E-state index in [2.05, 4.69) is 35.4 Å². The monoisotopic (exact) mass is 495 g/mol. The molecule has 6 heteroatoms. The van der Waals surface area contributed by atoms with Gasteiger partial charge in [0.05, 0.1) is 15.6 Å². The Balaban J connectivity index is 2.01. The summed E-state index contributed by atoms with van der Waals surface area (Å²) in [6, 6.07) is 20.7. The van der Waals surface area contributed by atoms with E-state index in [4.69, 9.17) is 23.2 Å². The highest BCUT2D eigenvalue weighted by atomic mass is 35.5. The smallest absolute Gasteiger partial charge is 0.203 e. The van der Waals surface area contributed by atoms with Gasteiger partial charge in [-0.15, -0.1) is 0 Å². The summed E-state index contributed by atoms with van der Waals surface area (Å²) in [4.78, 5) is 4.55. The first-order chi connectivity index (χ1) is 16.4. The minimum atomic E-state index is -0.847. The number of aryl methyl sites for hydroxylation is 2. The highest BCUT2D eigenvalue weighted by Gasteiger charge is 2.38. The normalized spacial score (nSPS) is 13.0. The Labute approximate surface area is 210 Å². The molecule has 0 aliphatic carbocycles. The van der Waals surface area contributed by atoms with Gasteiger partial charge < -0.3 is 9.88 Å². The fraction of sp³-hybridized carbons (Fsp3) is 0.250. The maximum Gasteiger partial charge on any atom is 0.203 e. The van der Waals surface area contributed by atoms with Crippen LogP contribution >= 0.6 is 23.2 Å². The van der Waals surface area contributed by atoms with Gasteiger partial charge in [0, 0.05) is 25.9 Å². The highest BCUT2D eigenvalue weighted by Crippen LogP contribution is 2.41. The Bertz CT molecular complexity index is 1270. The second-order valence-electron chi connectivity index (χ2n) is 8.55. The summed E-state index contributed by atoms with van der Waals surface area (Å²) in [5.74, 6) is 0.374.